The summed E-state index contributed by atoms with van der Waals surface area (Å²) in [5, 5.41) is 3.29. The molecule has 0 amide bonds. The van der Waals surface area contributed by atoms with Crippen LogP contribution >= 0.6 is 0 Å². The summed E-state index contributed by atoms with van der Waals surface area (Å²) in [6, 6.07) is 0. The van der Waals surface area contributed by atoms with Crippen molar-refractivity contribution in [3.05, 3.63) is 0 Å². The van der Waals surface area contributed by atoms with E-state index in [1.807, 2.05) is 0 Å². The molecule has 0 aromatic heterocycles. The van der Waals surface area contributed by atoms with E-state index in [1.54, 1.807) is 0 Å². The van der Waals surface area contributed by atoms with Crippen LogP contribution < -0.4 is 5.32 Å². The topological polar surface area (TPSA) is 12.0 Å². The Kier molecular flexibility index (Phi) is 8.53. The molecule has 0 saturated carbocycles. The molecule has 0 saturated heterocycles. The summed E-state index contributed by atoms with van der Waals surface area (Å²) in [5.74, 6) is 1.77. The normalized spacial score (nSPS) is 15.7. The first-order valence-corrected chi connectivity index (χ1v) is 5.90. The lowest BCUT2D eigenvalue weighted by molar-refractivity contribution is 0.312. The first-order chi connectivity index (χ1) is 6.26. The molecule has 1 nitrogen and oxygen atoms in total. The summed E-state index contributed by atoms with van der Waals surface area (Å²) in [6.45, 7) is 8.17. The Hall–Kier alpha value is -0.0400. The van der Waals surface area contributed by atoms with Crippen LogP contribution in [0.3, 0.4) is 0 Å². The molecule has 0 fully saturated rings. The van der Waals surface area contributed by atoms with Gasteiger partial charge in [-0.2, -0.15) is 0 Å². The second kappa shape index (κ2) is 8.55. The van der Waals surface area contributed by atoms with E-state index in [2.05, 4.69) is 33.1 Å². The highest BCUT2D eigenvalue weighted by atomic mass is 14.8. The number of nitrogens with one attached hydrogen (secondary N) is 1. The molecule has 0 heterocycles. The van der Waals surface area contributed by atoms with E-state index in [0.717, 1.165) is 11.8 Å². The first kappa shape index (κ1) is 13.0. The van der Waals surface area contributed by atoms with Gasteiger partial charge in [0.25, 0.3) is 0 Å². The van der Waals surface area contributed by atoms with Crippen LogP contribution in [0.4, 0.5) is 0 Å². The molecule has 13 heavy (non-hydrogen) atoms. The van der Waals surface area contributed by atoms with Crippen molar-refractivity contribution in [3.63, 3.8) is 0 Å². The lowest BCUT2D eigenvalue weighted by Gasteiger charge is -2.22. The van der Waals surface area contributed by atoms with E-state index in [-0.39, 0.29) is 0 Å². The minimum Gasteiger partial charge on any atom is -0.319 e. The molecule has 1 N–H and O–H groups in total. The third kappa shape index (κ3) is 6.09. The van der Waals surface area contributed by atoms with Gasteiger partial charge in [0.15, 0.2) is 0 Å². The zero-order chi connectivity index (χ0) is 10.1. The zero-order valence-corrected chi connectivity index (χ0v) is 9.90. The molecule has 0 bridgehead atoms. The molecule has 2 atom stereocenters. The Labute approximate surface area is 84.3 Å². The van der Waals surface area contributed by atoms with Crippen molar-refractivity contribution in [2.45, 2.75) is 52.9 Å². The van der Waals surface area contributed by atoms with Crippen molar-refractivity contribution in [1.82, 2.24) is 5.32 Å². The van der Waals surface area contributed by atoms with Crippen molar-refractivity contribution in [3.8, 4) is 0 Å². The van der Waals surface area contributed by atoms with Gasteiger partial charge < -0.3 is 5.32 Å². The second-order valence-corrected chi connectivity index (χ2v) is 4.20. The molecular formula is C12H27N. The predicted molar refractivity (Wildman–Crippen MR) is 61.0 cm³/mol. The fourth-order valence-electron chi connectivity index (χ4n) is 1.96. The summed E-state index contributed by atoms with van der Waals surface area (Å²) in [6.07, 6.45) is 6.88. The fraction of sp³-hybridized carbons (Fsp3) is 1.00. The van der Waals surface area contributed by atoms with Crippen LogP contribution in [0.5, 0.6) is 0 Å². The highest BCUT2D eigenvalue weighted by Gasteiger charge is 2.13. The Morgan fingerprint density at radius 2 is 1.85 bits per heavy atom. The summed E-state index contributed by atoms with van der Waals surface area (Å²) >= 11 is 0. The van der Waals surface area contributed by atoms with Crippen molar-refractivity contribution < 1.29 is 0 Å². The Morgan fingerprint density at radius 3 is 2.31 bits per heavy atom. The highest BCUT2D eigenvalue weighted by Crippen LogP contribution is 2.20. The van der Waals surface area contributed by atoms with Gasteiger partial charge in [-0.15, -0.1) is 0 Å². The van der Waals surface area contributed by atoms with Crippen molar-refractivity contribution >= 4 is 0 Å². The molecule has 1 heteroatoms. The van der Waals surface area contributed by atoms with Crippen LogP contribution in [-0.4, -0.2) is 13.6 Å². The summed E-state index contributed by atoms with van der Waals surface area (Å²) in [5.41, 5.74) is 0. The number of hydrogen-bond acceptors (Lipinski definition) is 1. The largest absolute Gasteiger partial charge is 0.319 e. The van der Waals surface area contributed by atoms with E-state index in [1.165, 1.54) is 38.6 Å². The average molecular weight is 185 g/mol. The van der Waals surface area contributed by atoms with Gasteiger partial charge in [0, 0.05) is 0 Å². The van der Waals surface area contributed by atoms with Crippen LogP contribution in [0, 0.1) is 11.8 Å². The van der Waals surface area contributed by atoms with Gasteiger partial charge in [-0.3, -0.25) is 0 Å². The Morgan fingerprint density at radius 1 is 1.15 bits per heavy atom. The maximum Gasteiger partial charge on any atom is -0.00211 e. The van der Waals surface area contributed by atoms with Crippen molar-refractivity contribution in [2.75, 3.05) is 13.6 Å². The van der Waals surface area contributed by atoms with Crippen LogP contribution in [0.1, 0.15) is 52.9 Å². The first-order valence-electron chi connectivity index (χ1n) is 5.90. The second-order valence-electron chi connectivity index (χ2n) is 4.20. The average Bonchev–Trinajstić information content (AvgIpc) is 2.14. The van der Waals surface area contributed by atoms with Gasteiger partial charge in [0.2, 0.25) is 0 Å². The van der Waals surface area contributed by atoms with E-state index < -0.39 is 0 Å². The lowest BCUT2D eigenvalue weighted by Crippen LogP contribution is -2.23. The molecule has 0 aromatic rings. The van der Waals surface area contributed by atoms with Gasteiger partial charge in [-0.05, 0) is 25.4 Å². The molecule has 80 valence electrons. The van der Waals surface area contributed by atoms with Crippen molar-refractivity contribution in [2.24, 2.45) is 11.8 Å². The maximum absolute atomic E-state index is 3.29. The van der Waals surface area contributed by atoms with Crippen molar-refractivity contribution in [1.29, 1.82) is 0 Å². The maximum atomic E-state index is 3.29. The highest BCUT2D eigenvalue weighted by molar-refractivity contribution is 4.66. The van der Waals surface area contributed by atoms with E-state index in [4.69, 9.17) is 0 Å². The van der Waals surface area contributed by atoms with Crippen LogP contribution in [0.2, 0.25) is 0 Å². The molecule has 2 unspecified atom stereocenters. The zero-order valence-electron chi connectivity index (χ0n) is 9.90. The predicted octanol–water partition coefficient (Wildman–Crippen LogP) is 3.45. The van der Waals surface area contributed by atoms with Gasteiger partial charge in [-0.25, -0.2) is 0 Å². The Bertz CT molecular complexity index is 101. The number of hydrogen-bond donors (Lipinski definition) is 1. The third-order valence-corrected chi connectivity index (χ3v) is 3.06. The Balaban J connectivity index is 3.57. The van der Waals surface area contributed by atoms with Crippen LogP contribution in [0.15, 0.2) is 0 Å². The SMILES string of the molecule is CCCCCC(C)C(CC)CNC. The van der Waals surface area contributed by atoms with Gasteiger partial charge in [0.05, 0.1) is 0 Å². The molecule has 0 aromatic carbocycles. The quantitative estimate of drug-likeness (QED) is 0.571. The minimum atomic E-state index is 0.877. The monoisotopic (exact) mass is 185 g/mol. The minimum absolute atomic E-state index is 0.877. The van der Waals surface area contributed by atoms with E-state index in [9.17, 15) is 0 Å². The standard InChI is InChI=1S/C12H27N/c1-5-7-8-9-11(3)12(6-2)10-13-4/h11-13H,5-10H2,1-4H3. The fourth-order valence-corrected chi connectivity index (χ4v) is 1.96. The molecule has 0 aliphatic carbocycles. The van der Waals surface area contributed by atoms with Gasteiger partial charge >= 0.3 is 0 Å². The molecule has 0 spiro atoms. The summed E-state index contributed by atoms with van der Waals surface area (Å²) in [4.78, 5) is 0. The molecule has 0 aliphatic heterocycles. The number of rotatable bonds is 8. The summed E-state index contributed by atoms with van der Waals surface area (Å²) in [7, 11) is 2.06. The molecule has 0 radical (unpaired) electrons. The van der Waals surface area contributed by atoms with E-state index >= 15 is 0 Å². The third-order valence-electron chi connectivity index (χ3n) is 3.06. The summed E-state index contributed by atoms with van der Waals surface area (Å²) < 4.78 is 0. The lowest BCUT2D eigenvalue weighted by atomic mass is 9.87. The van der Waals surface area contributed by atoms with Crippen LogP contribution in [0.25, 0.3) is 0 Å². The van der Waals surface area contributed by atoms with Gasteiger partial charge in [-0.1, -0.05) is 52.9 Å². The molecule has 0 aliphatic rings. The smallest absolute Gasteiger partial charge is 0.00211 e. The molecule has 0 rings (SSSR count). The number of unbranched alkanes of at least 4 members (excludes halogenated alkanes) is 2. The van der Waals surface area contributed by atoms with Crippen LogP contribution in [-0.2, 0) is 0 Å². The van der Waals surface area contributed by atoms with Gasteiger partial charge in [0.1, 0.15) is 0 Å². The molecular weight excluding hydrogens is 158 g/mol. The van der Waals surface area contributed by atoms with E-state index in [0.29, 0.717) is 0 Å².